The Labute approximate surface area is 147 Å². The fraction of sp³-hybridized carbons (Fsp3) is 0.474. The number of carbonyl (C=O) groups is 1. The molecule has 0 spiro atoms. The molecule has 0 bridgehead atoms. The number of aromatic nitrogens is 1. The van der Waals surface area contributed by atoms with Gasteiger partial charge in [-0.05, 0) is 36.6 Å². The van der Waals surface area contributed by atoms with E-state index < -0.39 is 0 Å². The van der Waals surface area contributed by atoms with Gasteiger partial charge in [-0.1, -0.05) is 0 Å². The van der Waals surface area contributed by atoms with Crippen LogP contribution in [0.25, 0.3) is 0 Å². The Bertz CT molecular complexity index is 710. The van der Waals surface area contributed by atoms with E-state index in [9.17, 15) is 4.79 Å². The van der Waals surface area contributed by atoms with E-state index in [2.05, 4.69) is 9.88 Å². The Morgan fingerprint density at radius 2 is 2.16 bits per heavy atom. The molecule has 4 rings (SSSR count). The number of amides is 1. The van der Waals surface area contributed by atoms with Crippen molar-refractivity contribution in [3.8, 4) is 5.75 Å². The maximum absolute atomic E-state index is 12.4. The minimum atomic E-state index is 0.0267. The SMILES string of the molecule is O=C(Cc1ccoc1)N1CC[C@@H](Oc2cccnc2N2CCCC2)C1. The third-order valence-electron chi connectivity index (χ3n) is 4.88. The molecule has 6 nitrogen and oxygen atoms in total. The summed E-state index contributed by atoms with van der Waals surface area (Å²) in [6, 6.07) is 5.72. The number of nitrogens with zero attached hydrogens (tertiary/aromatic N) is 3. The Hall–Kier alpha value is -2.50. The van der Waals surface area contributed by atoms with Crippen molar-refractivity contribution in [1.82, 2.24) is 9.88 Å². The predicted octanol–water partition coefficient (Wildman–Crippen LogP) is 2.50. The maximum Gasteiger partial charge on any atom is 0.227 e. The van der Waals surface area contributed by atoms with Crippen LogP contribution >= 0.6 is 0 Å². The van der Waals surface area contributed by atoms with Gasteiger partial charge in [0.25, 0.3) is 0 Å². The summed E-state index contributed by atoms with van der Waals surface area (Å²) in [5, 5.41) is 0. The zero-order valence-corrected chi connectivity index (χ0v) is 14.3. The van der Waals surface area contributed by atoms with Crippen molar-refractivity contribution in [1.29, 1.82) is 0 Å². The molecular weight excluding hydrogens is 318 g/mol. The van der Waals surface area contributed by atoms with Crippen LogP contribution in [0, 0.1) is 0 Å². The molecule has 2 fully saturated rings. The molecule has 132 valence electrons. The third-order valence-corrected chi connectivity index (χ3v) is 4.88. The average Bonchev–Trinajstić information content (AvgIpc) is 3.38. The van der Waals surface area contributed by atoms with Crippen molar-refractivity contribution in [3.05, 3.63) is 42.5 Å². The van der Waals surface area contributed by atoms with Gasteiger partial charge in [-0.2, -0.15) is 0 Å². The van der Waals surface area contributed by atoms with Crippen molar-refractivity contribution in [2.24, 2.45) is 0 Å². The standard InChI is InChI=1S/C19H23N3O3/c23-18(12-15-6-11-24-14-15)22-10-5-16(13-22)25-17-4-3-7-20-19(17)21-8-1-2-9-21/h3-4,6-7,11,14,16H,1-2,5,8-10,12-13H2/t16-/m1/s1. The van der Waals surface area contributed by atoms with E-state index in [-0.39, 0.29) is 12.0 Å². The molecule has 2 aromatic heterocycles. The molecule has 2 saturated heterocycles. The first-order valence-corrected chi connectivity index (χ1v) is 8.95. The van der Waals surface area contributed by atoms with Gasteiger partial charge in [-0.25, -0.2) is 4.98 Å². The first-order valence-electron chi connectivity index (χ1n) is 8.95. The van der Waals surface area contributed by atoms with Gasteiger partial charge in [-0.3, -0.25) is 4.79 Å². The molecule has 6 heteroatoms. The molecule has 0 aromatic carbocycles. The van der Waals surface area contributed by atoms with E-state index in [4.69, 9.17) is 9.15 Å². The van der Waals surface area contributed by atoms with Crippen molar-refractivity contribution in [3.63, 3.8) is 0 Å². The molecular formula is C19H23N3O3. The van der Waals surface area contributed by atoms with Gasteiger partial charge in [0, 0.05) is 32.3 Å². The fourth-order valence-corrected chi connectivity index (χ4v) is 3.55. The summed E-state index contributed by atoms with van der Waals surface area (Å²) in [6.07, 6.45) is 8.71. The minimum Gasteiger partial charge on any atom is -0.485 e. The largest absolute Gasteiger partial charge is 0.485 e. The lowest BCUT2D eigenvalue weighted by Crippen LogP contribution is -2.32. The number of rotatable bonds is 5. The summed E-state index contributed by atoms with van der Waals surface area (Å²) in [7, 11) is 0. The van der Waals surface area contributed by atoms with E-state index >= 15 is 0 Å². The van der Waals surface area contributed by atoms with Crippen LogP contribution in [-0.2, 0) is 11.2 Å². The van der Waals surface area contributed by atoms with Gasteiger partial charge in [0.15, 0.2) is 11.6 Å². The molecule has 1 amide bonds. The lowest BCUT2D eigenvalue weighted by atomic mass is 10.2. The summed E-state index contributed by atoms with van der Waals surface area (Å²) in [6.45, 7) is 3.44. The van der Waals surface area contributed by atoms with Crippen LogP contribution in [0.15, 0.2) is 41.3 Å². The summed E-state index contributed by atoms with van der Waals surface area (Å²) in [5.74, 6) is 1.89. The van der Waals surface area contributed by atoms with Crippen LogP contribution in [0.5, 0.6) is 5.75 Å². The van der Waals surface area contributed by atoms with Gasteiger partial charge < -0.3 is 19.0 Å². The number of anilines is 1. The second kappa shape index (κ2) is 7.17. The van der Waals surface area contributed by atoms with Crippen LogP contribution in [0.1, 0.15) is 24.8 Å². The smallest absolute Gasteiger partial charge is 0.227 e. The van der Waals surface area contributed by atoms with Crippen LogP contribution in [0.3, 0.4) is 0 Å². The lowest BCUT2D eigenvalue weighted by molar-refractivity contribution is -0.129. The van der Waals surface area contributed by atoms with Crippen molar-refractivity contribution in [2.75, 3.05) is 31.1 Å². The summed E-state index contributed by atoms with van der Waals surface area (Å²) in [4.78, 5) is 21.1. The van der Waals surface area contributed by atoms with Gasteiger partial charge in [0.2, 0.25) is 5.91 Å². The second-order valence-electron chi connectivity index (χ2n) is 6.70. The number of hydrogen-bond donors (Lipinski definition) is 0. The van der Waals surface area contributed by atoms with E-state index in [1.807, 2.05) is 29.3 Å². The molecule has 0 aliphatic carbocycles. The second-order valence-corrected chi connectivity index (χ2v) is 6.70. The van der Waals surface area contributed by atoms with E-state index in [1.54, 1.807) is 12.5 Å². The topological polar surface area (TPSA) is 58.8 Å². The Kier molecular flexibility index (Phi) is 4.59. The predicted molar refractivity (Wildman–Crippen MR) is 93.7 cm³/mol. The fourth-order valence-electron chi connectivity index (χ4n) is 3.55. The summed E-state index contributed by atoms with van der Waals surface area (Å²) >= 11 is 0. The highest BCUT2D eigenvalue weighted by Crippen LogP contribution is 2.30. The molecule has 2 aliphatic rings. The van der Waals surface area contributed by atoms with Gasteiger partial charge in [0.1, 0.15) is 6.10 Å². The van der Waals surface area contributed by atoms with E-state index in [0.29, 0.717) is 13.0 Å². The zero-order valence-electron chi connectivity index (χ0n) is 14.3. The number of likely N-dealkylation sites (tertiary alicyclic amines) is 1. The molecule has 2 aromatic rings. The van der Waals surface area contributed by atoms with E-state index in [1.165, 1.54) is 12.8 Å². The molecule has 0 saturated carbocycles. The molecule has 2 aliphatic heterocycles. The number of hydrogen-bond acceptors (Lipinski definition) is 5. The first-order chi connectivity index (χ1) is 12.3. The Morgan fingerprint density at radius 1 is 1.28 bits per heavy atom. The average molecular weight is 341 g/mol. The van der Waals surface area contributed by atoms with Crippen molar-refractivity contribution >= 4 is 11.7 Å². The maximum atomic E-state index is 12.4. The monoisotopic (exact) mass is 341 g/mol. The minimum absolute atomic E-state index is 0.0267. The first kappa shape index (κ1) is 16.0. The van der Waals surface area contributed by atoms with Crippen molar-refractivity contribution in [2.45, 2.75) is 31.8 Å². The number of ether oxygens (including phenoxy) is 1. The number of furan rings is 1. The quantitative estimate of drug-likeness (QED) is 0.836. The third kappa shape index (κ3) is 3.62. The van der Waals surface area contributed by atoms with E-state index in [0.717, 1.165) is 43.2 Å². The van der Waals surface area contributed by atoms with Crippen LogP contribution in [-0.4, -0.2) is 48.1 Å². The van der Waals surface area contributed by atoms with Crippen LogP contribution in [0.2, 0.25) is 0 Å². The molecule has 0 N–H and O–H groups in total. The van der Waals surface area contributed by atoms with Crippen LogP contribution in [0.4, 0.5) is 5.82 Å². The zero-order chi connectivity index (χ0) is 17.1. The summed E-state index contributed by atoms with van der Waals surface area (Å²) in [5.41, 5.74) is 0.915. The van der Waals surface area contributed by atoms with Gasteiger partial charge in [-0.15, -0.1) is 0 Å². The Balaban J connectivity index is 1.37. The number of pyridine rings is 1. The molecule has 0 unspecified atom stereocenters. The molecule has 1 atom stereocenters. The highest BCUT2D eigenvalue weighted by Gasteiger charge is 2.29. The van der Waals surface area contributed by atoms with Gasteiger partial charge >= 0.3 is 0 Å². The summed E-state index contributed by atoms with van der Waals surface area (Å²) < 4.78 is 11.3. The normalized spacial score (nSPS) is 20.2. The van der Waals surface area contributed by atoms with Gasteiger partial charge in [0.05, 0.1) is 25.5 Å². The molecule has 4 heterocycles. The highest BCUT2D eigenvalue weighted by atomic mass is 16.5. The number of carbonyl (C=O) groups excluding carboxylic acids is 1. The Morgan fingerprint density at radius 3 is 2.96 bits per heavy atom. The lowest BCUT2D eigenvalue weighted by Gasteiger charge is -2.22. The van der Waals surface area contributed by atoms with Crippen LogP contribution < -0.4 is 9.64 Å². The van der Waals surface area contributed by atoms with Crippen molar-refractivity contribution < 1.29 is 13.9 Å². The molecule has 0 radical (unpaired) electrons. The highest BCUT2D eigenvalue weighted by molar-refractivity contribution is 5.79. The molecule has 25 heavy (non-hydrogen) atoms.